The van der Waals surface area contributed by atoms with Gasteiger partial charge in [-0.15, -0.1) is 10.2 Å². The summed E-state index contributed by atoms with van der Waals surface area (Å²) in [6, 6.07) is 5.92. The van der Waals surface area contributed by atoms with Gasteiger partial charge in [-0.2, -0.15) is 9.61 Å². The zero-order valence-corrected chi connectivity index (χ0v) is 12.0. The van der Waals surface area contributed by atoms with Crippen LogP contribution >= 0.6 is 11.3 Å². The van der Waals surface area contributed by atoms with Gasteiger partial charge in [0.15, 0.2) is 5.82 Å². The number of hydrogen-bond acceptors (Lipinski definition) is 5. The van der Waals surface area contributed by atoms with Crippen LogP contribution in [0.15, 0.2) is 18.2 Å². The zero-order valence-electron chi connectivity index (χ0n) is 11.2. The molecule has 2 heterocycles. The largest absolute Gasteiger partial charge is 0.399 e. The fraction of sp³-hybridized carbons (Fsp3) is 0.357. The van der Waals surface area contributed by atoms with Crippen LogP contribution in [0.1, 0.15) is 36.6 Å². The lowest BCUT2D eigenvalue weighted by Gasteiger charge is -2.22. The Morgan fingerprint density at radius 1 is 1.30 bits per heavy atom. The van der Waals surface area contributed by atoms with Crippen molar-refractivity contribution in [3.8, 4) is 10.6 Å². The van der Waals surface area contributed by atoms with Crippen LogP contribution in [0.25, 0.3) is 15.5 Å². The number of aryl methyl sites for hydroxylation is 1. The molecule has 4 rings (SSSR count). The Hall–Kier alpha value is -1.95. The number of aromatic nitrogens is 4. The van der Waals surface area contributed by atoms with Crippen molar-refractivity contribution >= 4 is 22.0 Å². The van der Waals surface area contributed by atoms with Gasteiger partial charge >= 0.3 is 0 Å². The molecule has 0 aliphatic heterocycles. The van der Waals surface area contributed by atoms with Crippen molar-refractivity contribution in [2.45, 2.75) is 32.1 Å². The second-order valence-corrected chi connectivity index (χ2v) is 6.32. The Bertz CT molecular complexity index is 784. The molecule has 0 atom stereocenters. The minimum atomic E-state index is 0.535. The standard InChI is InChI=1S/C14H15N5S/c1-8-7-10(15)5-6-11(8)13-18-19-12(9-3-2-4-9)16-17-14(19)20-13/h5-7,9H,2-4,15H2,1H3. The van der Waals surface area contributed by atoms with Gasteiger partial charge < -0.3 is 5.73 Å². The van der Waals surface area contributed by atoms with E-state index >= 15 is 0 Å². The van der Waals surface area contributed by atoms with Crippen molar-refractivity contribution in [1.82, 2.24) is 19.8 Å². The first-order valence-corrected chi connectivity index (χ1v) is 7.62. The van der Waals surface area contributed by atoms with Gasteiger partial charge in [0.25, 0.3) is 0 Å². The molecule has 3 aromatic rings. The molecular formula is C14H15N5S. The summed E-state index contributed by atoms with van der Waals surface area (Å²) in [7, 11) is 0. The average Bonchev–Trinajstić information content (AvgIpc) is 2.89. The summed E-state index contributed by atoms with van der Waals surface area (Å²) in [4.78, 5) is 0.873. The zero-order chi connectivity index (χ0) is 13.7. The van der Waals surface area contributed by atoms with Crippen molar-refractivity contribution in [2.75, 3.05) is 5.73 Å². The molecular weight excluding hydrogens is 270 g/mol. The van der Waals surface area contributed by atoms with Gasteiger partial charge in [-0.25, -0.2) is 0 Å². The summed E-state index contributed by atoms with van der Waals surface area (Å²) in [5, 5.41) is 14.2. The van der Waals surface area contributed by atoms with Crippen LogP contribution < -0.4 is 5.73 Å². The van der Waals surface area contributed by atoms with Crippen molar-refractivity contribution < 1.29 is 0 Å². The molecule has 20 heavy (non-hydrogen) atoms. The van der Waals surface area contributed by atoms with Gasteiger partial charge in [0, 0.05) is 17.2 Å². The van der Waals surface area contributed by atoms with Crippen LogP contribution in [-0.4, -0.2) is 19.8 Å². The third kappa shape index (κ3) is 1.71. The van der Waals surface area contributed by atoms with E-state index in [0.717, 1.165) is 32.6 Å². The Morgan fingerprint density at radius 3 is 2.85 bits per heavy atom. The topological polar surface area (TPSA) is 69.1 Å². The normalized spacial score (nSPS) is 15.7. The van der Waals surface area contributed by atoms with E-state index in [0.29, 0.717) is 5.92 Å². The highest BCUT2D eigenvalue weighted by Gasteiger charge is 2.26. The molecule has 0 radical (unpaired) electrons. The fourth-order valence-corrected chi connectivity index (χ4v) is 3.53. The van der Waals surface area contributed by atoms with Gasteiger partial charge in [-0.1, -0.05) is 17.8 Å². The minimum absolute atomic E-state index is 0.535. The maximum atomic E-state index is 5.81. The van der Waals surface area contributed by atoms with Crippen LogP contribution in [-0.2, 0) is 0 Å². The van der Waals surface area contributed by atoms with E-state index in [1.807, 2.05) is 22.7 Å². The number of benzene rings is 1. The third-order valence-corrected chi connectivity index (χ3v) is 4.90. The van der Waals surface area contributed by atoms with Crippen LogP contribution in [0.2, 0.25) is 0 Å². The van der Waals surface area contributed by atoms with Crippen molar-refractivity contribution in [3.63, 3.8) is 0 Å². The first kappa shape index (κ1) is 11.8. The van der Waals surface area contributed by atoms with Crippen molar-refractivity contribution in [3.05, 3.63) is 29.6 Å². The smallest absolute Gasteiger partial charge is 0.234 e. The first-order chi connectivity index (χ1) is 9.72. The van der Waals surface area contributed by atoms with Crippen LogP contribution in [0, 0.1) is 6.92 Å². The molecule has 1 aromatic carbocycles. The summed E-state index contributed by atoms with van der Waals surface area (Å²) in [5.41, 5.74) is 8.85. The predicted octanol–water partition coefficient (Wildman–Crippen LogP) is 3.01. The van der Waals surface area contributed by atoms with Crippen molar-refractivity contribution in [1.29, 1.82) is 0 Å². The lowest BCUT2D eigenvalue weighted by Crippen LogP contribution is -2.13. The Balaban J connectivity index is 1.82. The maximum absolute atomic E-state index is 5.81. The lowest BCUT2D eigenvalue weighted by atomic mass is 9.85. The average molecular weight is 285 g/mol. The number of fused-ring (bicyclic) bond motifs is 1. The van der Waals surface area contributed by atoms with Crippen molar-refractivity contribution in [2.24, 2.45) is 0 Å². The molecule has 0 spiro atoms. The van der Waals surface area contributed by atoms with E-state index in [-0.39, 0.29) is 0 Å². The van der Waals surface area contributed by atoms with E-state index in [4.69, 9.17) is 10.8 Å². The number of rotatable bonds is 2. The molecule has 5 nitrogen and oxygen atoms in total. The SMILES string of the molecule is Cc1cc(N)ccc1-c1nn2c(C3CCC3)nnc2s1. The first-order valence-electron chi connectivity index (χ1n) is 6.81. The molecule has 1 saturated carbocycles. The Morgan fingerprint density at radius 2 is 2.15 bits per heavy atom. The molecule has 2 N–H and O–H groups in total. The molecule has 102 valence electrons. The summed E-state index contributed by atoms with van der Waals surface area (Å²) in [6.07, 6.45) is 3.69. The summed E-state index contributed by atoms with van der Waals surface area (Å²) in [5.74, 6) is 1.55. The summed E-state index contributed by atoms with van der Waals surface area (Å²) in [6.45, 7) is 2.06. The second kappa shape index (κ2) is 4.28. The fourth-order valence-electron chi connectivity index (χ4n) is 2.59. The van der Waals surface area contributed by atoms with Crippen LogP contribution in [0.5, 0.6) is 0 Å². The van der Waals surface area contributed by atoms with E-state index in [1.165, 1.54) is 19.3 Å². The highest BCUT2D eigenvalue weighted by atomic mass is 32.1. The number of hydrogen-bond donors (Lipinski definition) is 1. The molecule has 0 amide bonds. The molecule has 1 fully saturated rings. The van der Waals surface area contributed by atoms with Gasteiger partial charge in [-0.3, -0.25) is 0 Å². The molecule has 1 aliphatic carbocycles. The lowest BCUT2D eigenvalue weighted by molar-refractivity contribution is 0.395. The molecule has 0 unspecified atom stereocenters. The quantitative estimate of drug-likeness (QED) is 0.735. The highest BCUT2D eigenvalue weighted by molar-refractivity contribution is 7.19. The highest BCUT2D eigenvalue weighted by Crippen LogP contribution is 2.37. The summed E-state index contributed by atoms with van der Waals surface area (Å²) >= 11 is 1.58. The Labute approximate surface area is 120 Å². The number of anilines is 1. The summed E-state index contributed by atoms with van der Waals surface area (Å²) < 4.78 is 1.92. The third-order valence-electron chi connectivity index (χ3n) is 3.97. The van der Waals surface area contributed by atoms with Crippen LogP contribution in [0.3, 0.4) is 0 Å². The molecule has 0 saturated heterocycles. The number of nitrogen functional groups attached to an aromatic ring is 1. The number of nitrogens with two attached hydrogens (primary N) is 1. The predicted molar refractivity (Wildman–Crippen MR) is 79.8 cm³/mol. The van der Waals surface area contributed by atoms with Gasteiger partial charge in [0.2, 0.25) is 4.96 Å². The molecule has 1 aliphatic rings. The number of nitrogens with zero attached hydrogens (tertiary/aromatic N) is 4. The van der Waals surface area contributed by atoms with E-state index < -0.39 is 0 Å². The van der Waals surface area contributed by atoms with Gasteiger partial charge in [0.1, 0.15) is 5.01 Å². The van der Waals surface area contributed by atoms with Gasteiger partial charge in [-0.05, 0) is 43.5 Å². The van der Waals surface area contributed by atoms with E-state index in [2.05, 4.69) is 17.1 Å². The molecule has 2 aromatic heterocycles. The molecule has 0 bridgehead atoms. The molecule has 6 heteroatoms. The second-order valence-electron chi connectivity index (χ2n) is 5.36. The minimum Gasteiger partial charge on any atom is -0.399 e. The van der Waals surface area contributed by atoms with Crippen LogP contribution in [0.4, 0.5) is 5.69 Å². The van der Waals surface area contributed by atoms with E-state index in [9.17, 15) is 0 Å². The van der Waals surface area contributed by atoms with E-state index in [1.54, 1.807) is 11.3 Å². The van der Waals surface area contributed by atoms with Gasteiger partial charge in [0.05, 0.1) is 0 Å². The Kier molecular flexibility index (Phi) is 2.53. The monoisotopic (exact) mass is 285 g/mol. The maximum Gasteiger partial charge on any atom is 0.234 e.